The lowest BCUT2D eigenvalue weighted by Crippen LogP contribution is -2.39. The van der Waals surface area contributed by atoms with Gasteiger partial charge < -0.3 is 10.4 Å². The summed E-state index contributed by atoms with van der Waals surface area (Å²) in [4.78, 5) is 23.3. The van der Waals surface area contributed by atoms with E-state index in [2.05, 4.69) is 5.32 Å². The maximum atomic E-state index is 12.3. The Balaban J connectivity index is 2.89. The highest BCUT2D eigenvalue weighted by Gasteiger charge is 2.23. The number of aryl methyl sites for hydroxylation is 1. The first-order valence-electron chi connectivity index (χ1n) is 6.87. The lowest BCUT2D eigenvalue weighted by Gasteiger charge is -2.26. The highest BCUT2D eigenvalue weighted by atomic mass is 35.5. The number of carbonyl (C=O) groups is 2. The summed E-state index contributed by atoms with van der Waals surface area (Å²) in [5.74, 6) is -1.21. The predicted molar refractivity (Wildman–Crippen MR) is 83.8 cm³/mol. The van der Waals surface area contributed by atoms with Gasteiger partial charge in [-0.2, -0.15) is 0 Å². The van der Waals surface area contributed by atoms with Crippen molar-refractivity contribution in [3.63, 3.8) is 0 Å². The number of halogens is 1. The monoisotopic (exact) mass is 311 g/mol. The van der Waals surface area contributed by atoms with Gasteiger partial charge in [0.1, 0.15) is 0 Å². The number of aliphatic carboxylic acids is 1. The second-order valence-corrected chi connectivity index (χ2v) is 6.93. The van der Waals surface area contributed by atoms with Gasteiger partial charge >= 0.3 is 5.97 Å². The van der Waals surface area contributed by atoms with Crippen LogP contribution < -0.4 is 5.32 Å². The van der Waals surface area contributed by atoms with Crippen LogP contribution in [0.3, 0.4) is 0 Å². The van der Waals surface area contributed by atoms with Crippen molar-refractivity contribution >= 4 is 23.5 Å². The highest BCUT2D eigenvalue weighted by Crippen LogP contribution is 2.23. The summed E-state index contributed by atoms with van der Waals surface area (Å²) in [7, 11) is 0. The molecule has 0 aliphatic carbocycles. The van der Waals surface area contributed by atoms with Gasteiger partial charge in [0.2, 0.25) is 0 Å². The van der Waals surface area contributed by atoms with Crippen molar-refractivity contribution in [3.05, 3.63) is 34.3 Å². The molecule has 0 saturated heterocycles. The number of carboxylic acid groups (broad SMARTS) is 1. The van der Waals surface area contributed by atoms with Gasteiger partial charge in [-0.3, -0.25) is 9.59 Å². The van der Waals surface area contributed by atoms with Gasteiger partial charge in [-0.05, 0) is 36.5 Å². The summed E-state index contributed by atoms with van der Waals surface area (Å²) in [6, 6.07) is 4.68. The summed E-state index contributed by atoms with van der Waals surface area (Å²) < 4.78 is 0. The van der Waals surface area contributed by atoms with Crippen LogP contribution >= 0.6 is 11.6 Å². The molecule has 2 N–H and O–H groups in total. The molecule has 0 bridgehead atoms. The number of benzene rings is 1. The lowest BCUT2D eigenvalue weighted by atomic mass is 9.87. The maximum Gasteiger partial charge on any atom is 0.305 e. The van der Waals surface area contributed by atoms with Crippen LogP contribution in [0.4, 0.5) is 0 Å². The molecular formula is C16H22ClNO3. The highest BCUT2D eigenvalue weighted by molar-refractivity contribution is 6.31. The van der Waals surface area contributed by atoms with Crippen molar-refractivity contribution in [2.24, 2.45) is 5.41 Å². The molecular weight excluding hydrogens is 290 g/mol. The van der Waals surface area contributed by atoms with Crippen molar-refractivity contribution in [2.75, 3.05) is 0 Å². The quantitative estimate of drug-likeness (QED) is 0.872. The molecule has 0 spiro atoms. The fraction of sp³-hybridized carbons (Fsp3) is 0.500. The molecule has 1 atom stereocenters. The van der Waals surface area contributed by atoms with E-state index < -0.39 is 12.0 Å². The van der Waals surface area contributed by atoms with Crippen LogP contribution in [0.5, 0.6) is 0 Å². The molecule has 1 aromatic rings. The van der Waals surface area contributed by atoms with E-state index in [1.807, 2.05) is 27.7 Å². The fourth-order valence-electron chi connectivity index (χ4n) is 2.23. The molecule has 4 nitrogen and oxygen atoms in total. The van der Waals surface area contributed by atoms with Gasteiger partial charge in [0.15, 0.2) is 0 Å². The topological polar surface area (TPSA) is 66.4 Å². The SMILES string of the molecule is Cc1ccc(Cl)cc1C(=O)NC(CC(=O)O)CC(C)(C)C. The second-order valence-electron chi connectivity index (χ2n) is 6.49. The van der Waals surface area contributed by atoms with Crippen molar-refractivity contribution < 1.29 is 14.7 Å². The van der Waals surface area contributed by atoms with E-state index in [-0.39, 0.29) is 17.7 Å². The Morgan fingerprint density at radius 1 is 1.33 bits per heavy atom. The van der Waals surface area contributed by atoms with Crippen LogP contribution in [-0.2, 0) is 4.79 Å². The zero-order valence-electron chi connectivity index (χ0n) is 12.9. The van der Waals surface area contributed by atoms with Crippen LogP contribution in [0.1, 0.15) is 49.5 Å². The summed E-state index contributed by atoms with van der Waals surface area (Å²) in [6.45, 7) is 7.86. The van der Waals surface area contributed by atoms with Crippen LogP contribution in [0.2, 0.25) is 5.02 Å². The van der Waals surface area contributed by atoms with Crippen LogP contribution in [0, 0.1) is 12.3 Å². The van der Waals surface area contributed by atoms with Gasteiger partial charge in [0.25, 0.3) is 5.91 Å². The van der Waals surface area contributed by atoms with E-state index in [1.165, 1.54) is 0 Å². The Bertz CT molecular complexity index is 535. The molecule has 0 heterocycles. The molecule has 0 aromatic heterocycles. The molecule has 116 valence electrons. The molecule has 0 aliphatic rings. The number of carbonyl (C=O) groups excluding carboxylic acids is 1. The lowest BCUT2D eigenvalue weighted by molar-refractivity contribution is -0.137. The van der Waals surface area contributed by atoms with Gasteiger partial charge in [0, 0.05) is 16.6 Å². The molecule has 5 heteroatoms. The Morgan fingerprint density at radius 3 is 2.48 bits per heavy atom. The first-order valence-corrected chi connectivity index (χ1v) is 7.25. The van der Waals surface area contributed by atoms with Gasteiger partial charge in [-0.25, -0.2) is 0 Å². The first-order chi connectivity index (χ1) is 9.58. The summed E-state index contributed by atoms with van der Waals surface area (Å²) in [5, 5.41) is 12.3. The standard InChI is InChI=1S/C16H22ClNO3/c1-10-5-6-11(17)7-13(10)15(21)18-12(8-14(19)20)9-16(2,3)4/h5-7,12H,8-9H2,1-4H3,(H,18,21)(H,19,20). The molecule has 1 aromatic carbocycles. The van der Waals surface area contributed by atoms with E-state index >= 15 is 0 Å². The predicted octanol–water partition coefficient (Wildman–Crippen LogP) is 3.66. The number of nitrogens with one attached hydrogen (secondary N) is 1. The van der Waals surface area contributed by atoms with Gasteiger partial charge in [0.05, 0.1) is 6.42 Å². The maximum absolute atomic E-state index is 12.3. The second kappa shape index (κ2) is 6.94. The Morgan fingerprint density at radius 2 is 1.95 bits per heavy atom. The van der Waals surface area contributed by atoms with Gasteiger partial charge in [-0.1, -0.05) is 38.4 Å². The average Bonchev–Trinajstić information content (AvgIpc) is 2.28. The number of carboxylic acids is 1. The van der Waals surface area contributed by atoms with E-state index in [0.717, 1.165) is 5.56 Å². The number of amides is 1. The molecule has 1 rings (SSSR count). The smallest absolute Gasteiger partial charge is 0.305 e. The zero-order valence-corrected chi connectivity index (χ0v) is 13.6. The Hall–Kier alpha value is -1.55. The van der Waals surface area contributed by atoms with Crippen LogP contribution in [0.15, 0.2) is 18.2 Å². The molecule has 1 unspecified atom stereocenters. The third kappa shape index (κ3) is 6.17. The average molecular weight is 312 g/mol. The summed E-state index contributed by atoms with van der Waals surface area (Å²) in [5.41, 5.74) is 1.21. The third-order valence-corrected chi connectivity index (χ3v) is 3.29. The minimum Gasteiger partial charge on any atom is -0.481 e. The first kappa shape index (κ1) is 17.5. The Labute approximate surface area is 130 Å². The van der Waals surface area contributed by atoms with Gasteiger partial charge in [-0.15, -0.1) is 0 Å². The largest absolute Gasteiger partial charge is 0.481 e. The summed E-state index contributed by atoms with van der Waals surface area (Å²) >= 11 is 5.91. The van der Waals surface area contributed by atoms with E-state index in [9.17, 15) is 9.59 Å². The molecule has 0 aliphatic heterocycles. The van der Waals surface area contributed by atoms with Crippen LogP contribution in [-0.4, -0.2) is 23.0 Å². The van der Waals surface area contributed by atoms with Crippen molar-refractivity contribution in [1.29, 1.82) is 0 Å². The molecule has 0 radical (unpaired) electrons. The number of rotatable bonds is 5. The fourth-order valence-corrected chi connectivity index (χ4v) is 2.40. The molecule has 1 amide bonds. The van der Waals surface area contributed by atoms with Crippen LogP contribution in [0.25, 0.3) is 0 Å². The van der Waals surface area contributed by atoms with Crippen molar-refractivity contribution in [3.8, 4) is 0 Å². The van der Waals surface area contributed by atoms with E-state index in [1.54, 1.807) is 18.2 Å². The minimum atomic E-state index is -0.924. The van der Waals surface area contributed by atoms with Crippen molar-refractivity contribution in [2.45, 2.75) is 46.6 Å². The normalized spacial score (nSPS) is 12.8. The molecule has 0 saturated carbocycles. The number of hydrogen-bond donors (Lipinski definition) is 2. The molecule has 0 fully saturated rings. The minimum absolute atomic E-state index is 0.0726. The Kier molecular flexibility index (Phi) is 5.78. The van der Waals surface area contributed by atoms with Crippen molar-refractivity contribution in [1.82, 2.24) is 5.32 Å². The third-order valence-electron chi connectivity index (χ3n) is 3.06. The van der Waals surface area contributed by atoms with E-state index in [4.69, 9.17) is 16.7 Å². The summed E-state index contributed by atoms with van der Waals surface area (Å²) in [6.07, 6.45) is 0.493. The zero-order chi connectivity index (χ0) is 16.2. The molecule has 21 heavy (non-hydrogen) atoms. The van der Waals surface area contributed by atoms with E-state index in [0.29, 0.717) is 17.0 Å². The number of hydrogen-bond acceptors (Lipinski definition) is 2.